The number of alkyl halides is 3. The van der Waals surface area contributed by atoms with E-state index in [-0.39, 0.29) is 33.8 Å². The lowest BCUT2D eigenvalue weighted by Crippen LogP contribution is -2.51. The van der Waals surface area contributed by atoms with E-state index >= 15 is 0 Å². The molecule has 1 aliphatic carbocycles. The van der Waals surface area contributed by atoms with Crippen LogP contribution >= 0.6 is 11.3 Å². The summed E-state index contributed by atoms with van der Waals surface area (Å²) in [4.78, 5) is 35.2. The largest absolute Gasteiger partial charge is 0.465 e. The summed E-state index contributed by atoms with van der Waals surface area (Å²) < 4.78 is 41.0. The first-order valence-electron chi connectivity index (χ1n) is 10.5. The molecular weight excluding hydrogens is 447 g/mol. The van der Waals surface area contributed by atoms with E-state index in [1.165, 1.54) is 17.3 Å². The van der Waals surface area contributed by atoms with Gasteiger partial charge < -0.3 is 20.2 Å². The number of amides is 2. The Morgan fingerprint density at radius 2 is 1.91 bits per heavy atom. The Labute approximate surface area is 186 Å². The third-order valence-electron chi connectivity index (χ3n) is 6.25. The number of anilines is 1. The Morgan fingerprint density at radius 3 is 2.44 bits per heavy atom. The van der Waals surface area contributed by atoms with Crippen LogP contribution in [0.3, 0.4) is 0 Å². The molecule has 2 aromatic heterocycles. The molecule has 174 valence electrons. The molecule has 1 saturated heterocycles. The molecule has 8 nitrogen and oxygen atoms in total. The van der Waals surface area contributed by atoms with Crippen LogP contribution in [0.15, 0.2) is 5.38 Å². The fraction of sp³-hybridized carbons (Fsp3) is 0.600. The van der Waals surface area contributed by atoms with Crippen LogP contribution in [-0.4, -0.2) is 64.2 Å². The van der Waals surface area contributed by atoms with Crippen molar-refractivity contribution in [2.45, 2.75) is 50.9 Å². The third kappa shape index (κ3) is 4.19. The van der Waals surface area contributed by atoms with Crippen molar-refractivity contribution in [3.63, 3.8) is 0 Å². The predicted molar refractivity (Wildman–Crippen MR) is 113 cm³/mol. The first-order valence-corrected chi connectivity index (χ1v) is 11.3. The molecule has 2 aromatic rings. The number of nitrogens with one attached hydrogen (secondary N) is 1. The maximum Gasteiger partial charge on any atom is 0.434 e. The summed E-state index contributed by atoms with van der Waals surface area (Å²) in [5, 5.41) is 13.5. The van der Waals surface area contributed by atoms with Gasteiger partial charge in [0.05, 0.1) is 10.3 Å². The molecule has 2 amide bonds. The highest BCUT2D eigenvalue weighted by molar-refractivity contribution is 7.17. The monoisotopic (exact) mass is 471 g/mol. The highest BCUT2D eigenvalue weighted by atomic mass is 32.1. The number of fused-ring (bicyclic) bond motifs is 1. The number of halogens is 3. The van der Waals surface area contributed by atoms with Gasteiger partial charge in [0, 0.05) is 37.6 Å². The second kappa shape index (κ2) is 8.38. The van der Waals surface area contributed by atoms with Crippen molar-refractivity contribution in [2.24, 2.45) is 5.92 Å². The molecule has 2 N–H and O–H groups in total. The molecule has 2 fully saturated rings. The lowest BCUT2D eigenvalue weighted by molar-refractivity contribution is -0.139. The molecule has 0 radical (unpaired) electrons. The Morgan fingerprint density at radius 1 is 1.25 bits per heavy atom. The summed E-state index contributed by atoms with van der Waals surface area (Å²) in [6.07, 6.45) is -2.68. The van der Waals surface area contributed by atoms with Crippen molar-refractivity contribution in [3.8, 4) is 0 Å². The topological polar surface area (TPSA) is 98.7 Å². The molecule has 4 rings (SSSR count). The quantitative estimate of drug-likeness (QED) is 0.688. The van der Waals surface area contributed by atoms with Gasteiger partial charge in [0.25, 0.3) is 5.91 Å². The van der Waals surface area contributed by atoms with Crippen LogP contribution in [-0.2, 0) is 6.18 Å². The lowest BCUT2D eigenvalue weighted by Gasteiger charge is -2.40. The van der Waals surface area contributed by atoms with Crippen LogP contribution in [0.5, 0.6) is 0 Å². The van der Waals surface area contributed by atoms with Gasteiger partial charge in [-0.05, 0) is 38.5 Å². The van der Waals surface area contributed by atoms with E-state index in [2.05, 4.69) is 15.3 Å². The molecule has 0 bridgehead atoms. The van der Waals surface area contributed by atoms with Gasteiger partial charge in [-0.2, -0.15) is 13.2 Å². The van der Waals surface area contributed by atoms with Crippen LogP contribution in [0, 0.1) is 5.92 Å². The number of carbonyl (C=O) groups excluding carboxylic acids is 1. The van der Waals surface area contributed by atoms with Crippen LogP contribution < -0.4 is 10.2 Å². The molecule has 32 heavy (non-hydrogen) atoms. The first-order chi connectivity index (χ1) is 15.1. The lowest BCUT2D eigenvalue weighted by atomic mass is 10.0. The minimum Gasteiger partial charge on any atom is -0.465 e. The van der Waals surface area contributed by atoms with Gasteiger partial charge in [-0.15, -0.1) is 11.3 Å². The van der Waals surface area contributed by atoms with E-state index in [1.807, 2.05) is 6.92 Å². The van der Waals surface area contributed by atoms with Crippen molar-refractivity contribution < 1.29 is 27.9 Å². The molecule has 1 saturated carbocycles. The maximum atomic E-state index is 13.7. The van der Waals surface area contributed by atoms with Gasteiger partial charge >= 0.3 is 12.3 Å². The smallest absolute Gasteiger partial charge is 0.434 e. The summed E-state index contributed by atoms with van der Waals surface area (Å²) in [7, 11) is 1.40. The number of rotatable bonds is 5. The van der Waals surface area contributed by atoms with Gasteiger partial charge in [0.1, 0.15) is 5.52 Å². The van der Waals surface area contributed by atoms with Gasteiger partial charge in [-0.3, -0.25) is 4.79 Å². The standard InChI is InChI=1S/C20H24F3N5O3S/c1-10(11-3-4-11)28(19(30)31)12-5-7-27(8-6-12)18-25-14-13(17(29)24-2)9-32-15(14)16(26-18)20(21,22)23/h9-12H,3-8H2,1-2H3,(H,24,29)(H,30,31)/t10-/m0/s1. The fourth-order valence-electron chi connectivity index (χ4n) is 4.35. The molecule has 3 heterocycles. The zero-order chi connectivity index (χ0) is 23.2. The highest BCUT2D eigenvalue weighted by Gasteiger charge is 2.40. The maximum absolute atomic E-state index is 13.7. The number of carboxylic acid groups (broad SMARTS) is 1. The summed E-state index contributed by atoms with van der Waals surface area (Å²) in [6.45, 7) is 2.57. The average molecular weight is 472 g/mol. The number of hydrogen-bond acceptors (Lipinski definition) is 6. The van der Waals surface area contributed by atoms with Crippen molar-refractivity contribution in [1.29, 1.82) is 0 Å². The Balaban J connectivity index is 1.61. The summed E-state index contributed by atoms with van der Waals surface area (Å²) in [6, 6.07) is -0.276. The molecule has 0 aromatic carbocycles. The molecule has 1 atom stereocenters. The van der Waals surface area contributed by atoms with Crippen molar-refractivity contribution in [3.05, 3.63) is 16.6 Å². The van der Waals surface area contributed by atoms with E-state index in [0.29, 0.717) is 31.8 Å². The zero-order valence-electron chi connectivity index (χ0n) is 17.6. The van der Waals surface area contributed by atoms with E-state index in [4.69, 9.17) is 0 Å². The van der Waals surface area contributed by atoms with Crippen LogP contribution in [0.1, 0.15) is 48.7 Å². The molecule has 0 unspecified atom stereocenters. The van der Waals surface area contributed by atoms with Crippen molar-refractivity contribution in [1.82, 2.24) is 20.2 Å². The van der Waals surface area contributed by atoms with E-state index in [9.17, 15) is 27.9 Å². The second-order valence-electron chi connectivity index (χ2n) is 8.26. The van der Waals surface area contributed by atoms with Gasteiger partial charge in [-0.1, -0.05) is 0 Å². The summed E-state index contributed by atoms with van der Waals surface area (Å²) in [5.41, 5.74) is -1.01. The number of piperidine rings is 1. The first kappa shape index (κ1) is 22.6. The van der Waals surface area contributed by atoms with Crippen molar-refractivity contribution in [2.75, 3.05) is 25.0 Å². The Hall–Kier alpha value is -2.63. The zero-order valence-corrected chi connectivity index (χ0v) is 18.5. The number of hydrogen-bond donors (Lipinski definition) is 2. The minimum atomic E-state index is -4.70. The fourth-order valence-corrected chi connectivity index (χ4v) is 5.34. The molecule has 0 spiro atoms. The Bertz CT molecular complexity index is 1030. The molecule has 1 aliphatic heterocycles. The number of thiophene rings is 1. The highest BCUT2D eigenvalue weighted by Crippen LogP contribution is 2.39. The van der Waals surface area contributed by atoms with Crippen LogP contribution in [0.2, 0.25) is 0 Å². The molecule has 12 heteroatoms. The van der Waals surface area contributed by atoms with E-state index in [0.717, 1.165) is 24.2 Å². The predicted octanol–water partition coefficient (Wildman–Crippen LogP) is 3.82. The van der Waals surface area contributed by atoms with Crippen LogP contribution in [0.25, 0.3) is 10.2 Å². The summed E-state index contributed by atoms with van der Waals surface area (Å²) >= 11 is 0.789. The molecule has 2 aliphatic rings. The van der Waals surface area contributed by atoms with Crippen molar-refractivity contribution >= 4 is 39.5 Å². The normalized spacial score (nSPS) is 18.6. The SMILES string of the molecule is CNC(=O)c1csc2c(C(F)(F)F)nc(N3CCC(N(C(=O)O)[C@@H](C)C4CC4)CC3)nc12. The van der Waals surface area contributed by atoms with E-state index in [1.54, 1.807) is 4.90 Å². The molecular formula is C20H24F3N5O3S. The second-order valence-corrected chi connectivity index (χ2v) is 9.14. The third-order valence-corrected chi connectivity index (χ3v) is 7.22. The number of carbonyl (C=O) groups is 2. The minimum absolute atomic E-state index is 0.0247. The summed E-state index contributed by atoms with van der Waals surface area (Å²) in [5.74, 6) is -0.228. The average Bonchev–Trinajstić information content (AvgIpc) is 3.51. The Kier molecular flexibility index (Phi) is 5.91. The van der Waals surface area contributed by atoms with E-state index < -0.39 is 23.9 Å². The van der Waals surface area contributed by atoms with Crippen LogP contribution in [0.4, 0.5) is 23.9 Å². The number of aromatic nitrogens is 2. The van der Waals surface area contributed by atoms with Gasteiger partial charge in [0.2, 0.25) is 5.95 Å². The van der Waals surface area contributed by atoms with Gasteiger partial charge in [0.15, 0.2) is 5.69 Å². The van der Waals surface area contributed by atoms with Gasteiger partial charge in [-0.25, -0.2) is 14.8 Å². The number of nitrogens with zero attached hydrogens (tertiary/aromatic N) is 4.